The van der Waals surface area contributed by atoms with E-state index < -0.39 is 37.6 Å². The summed E-state index contributed by atoms with van der Waals surface area (Å²) < 4.78 is 90.2. The molecule has 1 spiro atoms. The quantitative estimate of drug-likeness (QED) is 0.762. The molecule has 6 nitrogen and oxygen atoms in total. The Kier molecular flexibility index (Phi) is 3.80. The monoisotopic (exact) mass is 410 g/mol. The van der Waals surface area contributed by atoms with Crippen LogP contribution >= 0.6 is 0 Å². The van der Waals surface area contributed by atoms with Crippen molar-refractivity contribution in [2.24, 2.45) is 5.92 Å². The molecule has 144 valence electrons. The smallest absolute Gasteiger partial charge is 0.207 e. The van der Waals surface area contributed by atoms with Gasteiger partial charge < -0.3 is 0 Å². The molecule has 3 aliphatic rings. The number of halogens is 3. The van der Waals surface area contributed by atoms with Crippen molar-refractivity contribution in [2.45, 2.75) is 35.2 Å². The van der Waals surface area contributed by atoms with Crippen LogP contribution in [0.3, 0.4) is 0 Å². The Labute approximate surface area is 149 Å². The molecule has 0 unspecified atom stereocenters. The average Bonchev–Trinajstić information content (AvgIpc) is 3.23. The lowest BCUT2D eigenvalue weighted by molar-refractivity contribution is -0.0485. The Hall–Kier alpha value is -1.17. The second-order valence-electron chi connectivity index (χ2n) is 7.04. The van der Waals surface area contributed by atoms with E-state index in [1.807, 2.05) is 0 Å². The summed E-state index contributed by atoms with van der Waals surface area (Å²) in [5, 5.41) is 0. The van der Waals surface area contributed by atoms with Gasteiger partial charge in [-0.1, -0.05) is 18.2 Å². The third kappa shape index (κ3) is 2.44. The van der Waals surface area contributed by atoms with E-state index in [9.17, 15) is 30.0 Å². The summed E-state index contributed by atoms with van der Waals surface area (Å²) in [6.07, 6.45) is 1.73. The summed E-state index contributed by atoms with van der Waals surface area (Å²) in [4.78, 5) is 0.0620. The van der Waals surface area contributed by atoms with E-state index in [4.69, 9.17) is 0 Å². The fourth-order valence-corrected chi connectivity index (χ4v) is 7.05. The summed E-state index contributed by atoms with van der Waals surface area (Å²) in [6, 6.07) is 6.19. The third-order valence-corrected chi connectivity index (χ3v) is 8.97. The highest BCUT2D eigenvalue weighted by Gasteiger charge is 2.62. The van der Waals surface area contributed by atoms with Gasteiger partial charge in [0.05, 0.1) is 10.4 Å². The van der Waals surface area contributed by atoms with Crippen LogP contribution in [0.5, 0.6) is 0 Å². The SMILES string of the molecule is O=S1(=O)c2ccccc2[C@@]2(CCN(S(=O)(=O)C(F)(F)F)C2)N1CC1CC1. The zero-order valence-corrected chi connectivity index (χ0v) is 15.2. The molecule has 1 aromatic carbocycles. The number of fused-ring (bicyclic) bond motifs is 2. The Morgan fingerprint density at radius 2 is 1.85 bits per heavy atom. The van der Waals surface area contributed by atoms with Gasteiger partial charge in [0.2, 0.25) is 10.0 Å². The number of hydrogen-bond donors (Lipinski definition) is 0. The van der Waals surface area contributed by atoms with Crippen LogP contribution in [0, 0.1) is 5.92 Å². The molecule has 0 radical (unpaired) electrons. The summed E-state index contributed by atoms with van der Waals surface area (Å²) >= 11 is 0. The van der Waals surface area contributed by atoms with Crippen LogP contribution in [0.1, 0.15) is 24.8 Å². The standard InChI is InChI=1S/C15H17F3N2O4S2/c16-15(17,18)26(23,24)19-8-7-14(10-19)12-3-1-2-4-13(12)25(21,22)20(14)9-11-5-6-11/h1-4,11H,5-10H2/t14-/m0/s1. The van der Waals surface area contributed by atoms with E-state index in [0.717, 1.165) is 12.8 Å². The minimum atomic E-state index is -5.50. The molecular formula is C15H17F3N2O4S2. The zero-order chi connectivity index (χ0) is 19.0. The number of rotatable bonds is 3. The number of nitrogens with zero attached hydrogens (tertiary/aromatic N) is 2. The first-order valence-corrected chi connectivity index (χ1v) is 11.1. The number of benzene rings is 1. The van der Waals surface area contributed by atoms with E-state index in [1.165, 1.54) is 10.4 Å². The Morgan fingerprint density at radius 3 is 2.46 bits per heavy atom. The van der Waals surface area contributed by atoms with Gasteiger partial charge in [-0.15, -0.1) is 0 Å². The fraction of sp³-hybridized carbons (Fsp3) is 0.600. The van der Waals surface area contributed by atoms with Gasteiger partial charge in [0.1, 0.15) is 0 Å². The number of hydrogen-bond acceptors (Lipinski definition) is 4. The summed E-state index contributed by atoms with van der Waals surface area (Å²) in [5.41, 5.74) is -6.28. The first kappa shape index (κ1) is 18.2. The Bertz CT molecular complexity index is 957. The van der Waals surface area contributed by atoms with Crippen LogP contribution in [0.25, 0.3) is 0 Å². The average molecular weight is 410 g/mol. The van der Waals surface area contributed by atoms with Crippen molar-refractivity contribution < 1.29 is 30.0 Å². The van der Waals surface area contributed by atoms with E-state index >= 15 is 0 Å². The van der Waals surface area contributed by atoms with Crippen molar-refractivity contribution in [1.29, 1.82) is 0 Å². The highest BCUT2D eigenvalue weighted by Crippen LogP contribution is 2.52. The lowest BCUT2D eigenvalue weighted by Gasteiger charge is -2.34. The van der Waals surface area contributed by atoms with Gasteiger partial charge >= 0.3 is 15.5 Å². The molecule has 1 saturated carbocycles. The molecular weight excluding hydrogens is 393 g/mol. The predicted octanol–water partition coefficient (Wildman–Crippen LogP) is 1.85. The van der Waals surface area contributed by atoms with Crippen molar-refractivity contribution >= 4 is 20.0 Å². The Morgan fingerprint density at radius 1 is 1.19 bits per heavy atom. The maximum atomic E-state index is 13.0. The van der Waals surface area contributed by atoms with Crippen molar-refractivity contribution in [3.8, 4) is 0 Å². The third-order valence-electron chi connectivity index (χ3n) is 5.40. The van der Waals surface area contributed by atoms with Crippen molar-refractivity contribution in [1.82, 2.24) is 8.61 Å². The fourth-order valence-electron chi connectivity index (χ4n) is 3.90. The maximum Gasteiger partial charge on any atom is 0.511 e. The highest BCUT2D eigenvalue weighted by molar-refractivity contribution is 7.90. The number of sulfonamides is 2. The van der Waals surface area contributed by atoms with Crippen LogP contribution < -0.4 is 0 Å². The maximum absolute atomic E-state index is 13.0. The molecule has 2 heterocycles. The lowest BCUT2D eigenvalue weighted by Crippen LogP contribution is -2.48. The van der Waals surface area contributed by atoms with Crippen molar-refractivity contribution in [3.63, 3.8) is 0 Å². The van der Waals surface area contributed by atoms with Crippen LogP contribution in [0.2, 0.25) is 0 Å². The summed E-state index contributed by atoms with van der Waals surface area (Å²) in [7, 11) is -9.37. The largest absolute Gasteiger partial charge is 0.511 e. The minimum Gasteiger partial charge on any atom is -0.207 e. The van der Waals surface area contributed by atoms with Crippen LogP contribution in [0.4, 0.5) is 13.2 Å². The van der Waals surface area contributed by atoms with Crippen LogP contribution in [-0.2, 0) is 25.6 Å². The molecule has 26 heavy (non-hydrogen) atoms. The molecule has 4 rings (SSSR count). The summed E-state index contributed by atoms with van der Waals surface area (Å²) in [5.74, 6) is 0.171. The van der Waals surface area contributed by atoms with E-state index in [2.05, 4.69) is 0 Å². The zero-order valence-electron chi connectivity index (χ0n) is 13.6. The molecule has 1 aromatic rings. The van der Waals surface area contributed by atoms with Gasteiger partial charge in [-0.05, 0) is 36.8 Å². The number of alkyl halides is 3. The van der Waals surface area contributed by atoms with Gasteiger partial charge in [-0.3, -0.25) is 0 Å². The highest BCUT2D eigenvalue weighted by atomic mass is 32.2. The molecule has 11 heteroatoms. The molecule has 2 aliphatic heterocycles. The van der Waals surface area contributed by atoms with Crippen molar-refractivity contribution in [2.75, 3.05) is 19.6 Å². The second-order valence-corrected chi connectivity index (χ2v) is 10.8. The van der Waals surface area contributed by atoms with E-state index in [1.54, 1.807) is 18.2 Å². The van der Waals surface area contributed by atoms with Gasteiger partial charge in [0.25, 0.3) is 0 Å². The lowest BCUT2D eigenvalue weighted by atomic mass is 9.89. The van der Waals surface area contributed by atoms with Gasteiger partial charge in [-0.25, -0.2) is 16.8 Å². The Balaban J connectivity index is 1.81. The molecule has 0 aromatic heterocycles. The molecule has 2 fully saturated rings. The normalized spacial score (nSPS) is 29.3. The minimum absolute atomic E-state index is 0.00523. The molecule has 1 saturated heterocycles. The first-order valence-electron chi connectivity index (χ1n) is 8.19. The van der Waals surface area contributed by atoms with E-state index in [-0.39, 0.29) is 30.3 Å². The summed E-state index contributed by atoms with van der Waals surface area (Å²) in [6.45, 7) is -0.679. The van der Waals surface area contributed by atoms with Gasteiger partial charge in [-0.2, -0.15) is 21.8 Å². The molecule has 0 amide bonds. The first-order chi connectivity index (χ1) is 12.0. The van der Waals surface area contributed by atoms with Crippen molar-refractivity contribution in [3.05, 3.63) is 29.8 Å². The van der Waals surface area contributed by atoms with Crippen LogP contribution in [0.15, 0.2) is 29.2 Å². The van der Waals surface area contributed by atoms with Crippen LogP contribution in [-0.4, -0.2) is 50.6 Å². The molecule has 1 aliphatic carbocycles. The molecule has 1 atom stereocenters. The topological polar surface area (TPSA) is 74.8 Å². The van der Waals surface area contributed by atoms with Gasteiger partial charge in [0.15, 0.2) is 0 Å². The second kappa shape index (κ2) is 5.43. The molecule has 0 bridgehead atoms. The van der Waals surface area contributed by atoms with Gasteiger partial charge in [0, 0.05) is 19.6 Å². The predicted molar refractivity (Wildman–Crippen MR) is 85.9 cm³/mol. The molecule has 0 N–H and O–H groups in total. The van der Waals surface area contributed by atoms with E-state index in [0.29, 0.717) is 9.87 Å².